The molecule has 3 aromatic carbocycles. The number of hydrogen-bond donors (Lipinski definition) is 1. The van der Waals surface area contributed by atoms with E-state index in [0.29, 0.717) is 6.54 Å². The molecule has 4 nitrogen and oxygen atoms in total. The molecular weight excluding hydrogens is 394 g/mol. The minimum Gasteiger partial charge on any atom is -0.318 e. The highest BCUT2D eigenvalue weighted by molar-refractivity contribution is 5.90. The Kier molecular flexibility index (Phi) is 5.06. The maximum atomic E-state index is 13.7. The Morgan fingerprint density at radius 1 is 0.875 bits per heavy atom. The SMILES string of the molecule is Cc1ccc([C@@H]2c3cccn3-c3ccccc3CN2C(=O)Nc2ccc(C)c(C)c2)cc1. The van der Waals surface area contributed by atoms with Crippen LogP contribution in [0.3, 0.4) is 0 Å². The first-order chi connectivity index (χ1) is 15.5. The van der Waals surface area contributed by atoms with E-state index in [1.165, 1.54) is 11.1 Å². The van der Waals surface area contributed by atoms with E-state index in [-0.39, 0.29) is 12.1 Å². The lowest BCUT2D eigenvalue weighted by Gasteiger charge is -2.31. The van der Waals surface area contributed by atoms with Crippen LogP contribution in [-0.2, 0) is 6.54 Å². The summed E-state index contributed by atoms with van der Waals surface area (Å²) in [5, 5.41) is 3.15. The van der Waals surface area contributed by atoms with Crippen LogP contribution in [0.4, 0.5) is 10.5 Å². The van der Waals surface area contributed by atoms with Gasteiger partial charge in [0.1, 0.15) is 0 Å². The number of hydrogen-bond acceptors (Lipinski definition) is 1. The summed E-state index contributed by atoms with van der Waals surface area (Å²) in [5.41, 5.74) is 8.80. The largest absolute Gasteiger partial charge is 0.322 e. The number of anilines is 1. The molecule has 32 heavy (non-hydrogen) atoms. The lowest BCUT2D eigenvalue weighted by atomic mass is 10.0. The maximum absolute atomic E-state index is 13.7. The molecule has 4 aromatic rings. The van der Waals surface area contributed by atoms with Crippen molar-refractivity contribution < 1.29 is 4.79 Å². The molecule has 5 rings (SSSR count). The second-order valence-corrected chi connectivity index (χ2v) is 8.60. The van der Waals surface area contributed by atoms with E-state index < -0.39 is 0 Å². The van der Waals surface area contributed by atoms with E-state index >= 15 is 0 Å². The van der Waals surface area contributed by atoms with Gasteiger partial charge in [-0.1, -0.05) is 54.1 Å². The van der Waals surface area contributed by atoms with Crippen LogP contribution in [0.25, 0.3) is 5.69 Å². The molecule has 0 spiro atoms. The smallest absolute Gasteiger partial charge is 0.318 e. The number of fused-ring (bicyclic) bond motifs is 3. The lowest BCUT2D eigenvalue weighted by molar-refractivity contribution is 0.194. The Balaban J connectivity index is 1.61. The first kappa shape index (κ1) is 20.1. The molecule has 0 radical (unpaired) electrons. The van der Waals surface area contributed by atoms with Gasteiger partial charge < -0.3 is 14.8 Å². The number of aromatic nitrogens is 1. The van der Waals surface area contributed by atoms with Gasteiger partial charge in [0, 0.05) is 17.6 Å². The van der Waals surface area contributed by atoms with Crippen molar-refractivity contribution in [2.75, 3.05) is 5.32 Å². The highest BCUT2D eigenvalue weighted by Crippen LogP contribution is 2.37. The van der Waals surface area contributed by atoms with E-state index in [1.807, 2.05) is 35.2 Å². The zero-order chi connectivity index (χ0) is 22.2. The van der Waals surface area contributed by atoms with Gasteiger partial charge in [0.2, 0.25) is 0 Å². The zero-order valence-corrected chi connectivity index (χ0v) is 18.7. The van der Waals surface area contributed by atoms with Crippen LogP contribution in [0.5, 0.6) is 0 Å². The molecule has 0 saturated heterocycles. The summed E-state index contributed by atoms with van der Waals surface area (Å²) in [6, 6.07) is 26.7. The molecular formula is C28H27N3O. The summed E-state index contributed by atoms with van der Waals surface area (Å²) >= 11 is 0. The van der Waals surface area contributed by atoms with Gasteiger partial charge in [-0.2, -0.15) is 0 Å². The minimum atomic E-state index is -0.204. The molecule has 0 aliphatic carbocycles. The summed E-state index contributed by atoms with van der Waals surface area (Å²) < 4.78 is 2.21. The normalized spacial score (nSPS) is 15.0. The molecule has 4 heteroatoms. The fraction of sp³-hybridized carbons (Fsp3) is 0.179. The fourth-order valence-corrected chi connectivity index (χ4v) is 4.45. The summed E-state index contributed by atoms with van der Waals surface area (Å²) in [4.78, 5) is 15.7. The fourth-order valence-electron chi connectivity index (χ4n) is 4.45. The third-order valence-electron chi connectivity index (χ3n) is 6.38. The van der Waals surface area contributed by atoms with Crippen molar-refractivity contribution in [2.45, 2.75) is 33.4 Å². The summed E-state index contributed by atoms with van der Waals surface area (Å²) in [6.07, 6.45) is 2.08. The molecule has 0 fully saturated rings. The first-order valence-electron chi connectivity index (χ1n) is 11.0. The van der Waals surface area contributed by atoms with Gasteiger partial charge in [-0.25, -0.2) is 4.79 Å². The number of rotatable bonds is 2. The van der Waals surface area contributed by atoms with Crippen molar-refractivity contribution in [2.24, 2.45) is 0 Å². The van der Waals surface area contributed by atoms with Crippen LogP contribution in [0.1, 0.15) is 39.6 Å². The van der Waals surface area contributed by atoms with Crippen molar-refractivity contribution in [1.29, 1.82) is 0 Å². The van der Waals surface area contributed by atoms with E-state index in [2.05, 4.69) is 85.4 Å². The molecule has 160 valence electrons. The van der Waals surface area contributed by atoms with Gasteiger partial charge in [-0.05, 0) is 73.4 Å². The molecule has 1 aromatic heterocycles. The number of nitrogens with one attached hydrogen (secondary N) is 1. The van der Waals surface area contributed by atoms with Crippen molar-refractivity contribution >= 4 is 11.7 Å². The second kappa shape index (κ2) is 8.04. The molecule has 2 amide bonds. The Morgan fingerprint density at radius 2 is 1.66 bits per heavy atom. The van der Waals surface area contributed by atoms with Gasteiger partial charge in [-0.3, -0.25) is 0 Å². The van der Waals surface area contributed by atoms with Crippen molar-refractivity contribution in [1.82, 2.24) is 9.47 Å². The molecule has 2 heterocycles. The predicted octanol–water partition coefficient (Wildman–Crippen LogP) is 6.54. The molecule has 0 bridgehead atoms. The minimum absolute atomic E-state index is 0.108. The van der Waals surface area contributed by atoms with Crippen LogP contribution in [0, 0.1) is 20.8 Å². The quantitative estimate of drug-likeness (QED) is 0.392. The third-order valence-corrected chi connectivity index (χ3v) is 6.38. The summed E-state index contributed by atoms with van der Waals surface area (Å²) in [7, 11) is 0. The zero-order valence-electron chi connectivity index (χ0n) is 18.7. The lowest BCUT2D eigenvalue weighted by Crippen LogP contribution is -2.37. The van der Waals surface area contributed by atoms with Crippen LogP contribution < -0.4 is 5.32 Å². The van der Waals surface area contributed by atoms with Crippen LogP contribution >= 0.6 is 0 Å². The summed E-state index contributed by atoms with van der Waals surface area (Å²) in [6.45, 7) is 6.75. The number of carbonyl (C=O) groups excluding carboxylic acids is 1. The van der Waals surface area contributed by atoms with E-state index in [1.54, 1.807) is 0 Å². The number of nitrogens with zero attached hydrogens (tertiary/aromatic N) is 2. The second-order valence-electron chi connectivity index (χ2n) is 8.60. The topological polar surface area (TPSA) is 37.3 Å². The van der Waals surface area contributed by atoms with Gasteiger partial charge in [0.25, 0.3) is 0 Å². The number of benzene rings is 3. The van der Waals surface area contributed by atoms with Gasteiger partial charge in [0.05, 0.1) is 18.3 Å². The maximum Gasteiger partial charge on any atom is 0.322 e. The van der Waals surface area contributed by atoms with Crippen molar-refractivity contribution in [3.05, 3.63) is 119 Å². The Hall–Kier alpha value is -3.79. The molecule has 1 aliphatic rings. The summed E-state index contributed by atoms with van der Waals surface area (Å²) in [5.74, 6) is 0. The standard InChI is InChI=1S/C28H27N3O/c1-19-10-13-22(14-11-19)27-26-9-6-16-30(26)25-8-5-4-7-23(25)18-31(27)28(32)29-24-15-12-20(2)21(3)17-24/h4-17,27H,18H2,1-3H3,(H,29,32)/t27-/m1/s1. The third kappa shape index (κ3) is 3.58. The Labute approximate surface area is 189 Å². The molecule has 0 saturated carbocycles. The van der Waals surface area contributed by atoms with E-state index in [0.717, 1.165) is 33.8 Å². The van der Waals surface area contributed by atoms with Crippen molar-refractivity contribution in [3.63, 3.8) is 0 Å². The van der Waals surface area contributed by atoms with Gasteiger partial charge in [0.15, 0.2) is 0 Å². The first-order valence-corrected chi connectivity index (χ1v) is 11.0. The number of para-hydroxylation sites is 1. The monoisotopic (exact) mass is 421 g/mol. The van der Waals surface area contributed by atoms with Crippen LogP contribution in [-0.4, -0.2) is 15.5 Å². The van der Waals surface area contributed by atoms with Crippen LogP contribution in [0.15, 0.2) is 85.1 Å². The molecule has 1 aliphatic heterocycles. The van der Waals surface area contributed by atoms with Crippen molar-refractivity contribution in [3.8, 4) is 5.69 Å². The number of carbonyl (C=O) groups is 1. The Bertz CT molecular complexity index is 1290. The molecule has 0 unspecified atom stereocenters. The van der Waals surface area contributed by atoms with Crippen LogP contribution in [0.2, 0.25) is 0 Å². The van der Waals surface area contributed by atoms with E-state index in [9.17, 15) is 4.79 Å². The molecule has 1 atom stereocenters. The Morgan fingerprint density at radius 3 is 2.44 bits per heavy atom. The van der Waals surface area contributed by atoms with E-state index in [4.69, 9.17) is 0 Å². The number of amides is 2. The van der Waals surface area contributed by atoms with Gasteiger partial charge in [-0.15, -0.1) is 0 Å². The highest BCUT2D eigenvalue weighted by atomic mass is 16.2. The molecule has 1 N–H and O–H groups in total. The predicted molar refractivity (Wildman–Crippen MR) is 129 cm³/mol. The number of urea groups is 1. The highest BCUT2D eigenvalue weighted by Gasteiger charge is 2.32. The average molecular weight is 422 g/mol. The average Bonchev–Trinajstić information content (AvgIpc) is 3.21. The van der Waals surface area contributed by atoms with Gasteiger partial charge >= 0.3 is 6.03 Å². The number of aryl methyl sites for hydroxylation is 3.